The number of nitrogens with one attached hydrogen (secondary N) is 1. The van der Waals surface area contributed by atoms with Crippen LogP contribution in [0, 0.1) is 0 Å². The second-order valence-corrected chi connectivity index (χ2v) is 5.62. The Morgan fingerprint density at radius 1 is 1.55 bits per heavy atom. The van der Waals surface area contributed by atoms with Crippen LogP contribution >= 0.6 is 23.8 Å². The molecule has 0 saturated carbocycles. The summed E-state index contributed by atoms with van der Waals surface area (Å²) in [7, 11) is 1.61. The van der Waals surface area contributed by atoms with E-state index in [1.807, 2.05) is 4.90 Å². The van der Waals surface area contributed by atoms with Crippen molar-refractivity contribution in [2.24, 2.45) is 0 Å². The highest BCUT2D eigenvalue weighted by Gasteiger charge is 2.24. The summed E-state index contributed by atoms with van der Waals surface area (Å²) < 4.78 is 5.29. The van der Waals surface area contributed by atoms with E-state index in [2.05, 4.69) is 5.32 Å². The van der Waals surface area contributed by atoms with Gasteiger partial charge in [-0.05, 0) is 49.7 Å². The summed E-state index contributed by atoms with van der Waals surface area (Å²) in [6.45, 7) is 0.981. The minimum absolute atomic E-state index is 0.0916. The number of aliphatic hydroxyl groups excluding tert-OH is 1. The SMILES string of the molecule is COc1ccc(Cl)cc1NC(=S)N1CCCC[C@@H]1CO. The molecule has 1 fully saturated rings. The number of likely N-dealkylation sites (tertiary alicyclic amines) is 1. The molecule has 1 atom stereocenters. The number of methoxy groups -OCH3 is 1. The van der Waals surface area contributed by atoms with Gasteiger partial charge in [0.25, 0.3) is 0 Å². The fourth-order valence-electron chi connectivity index (χ4n) is 2.42. The van der Waals surface area contributed by atoms with Crippen molar-refractivity contribution in [3.63, 3.8) is 0 Å². The summed E-state index contributed by atoms with van der Waals surface area (Å²) in [4.78, 5) is 2.04. The Hall–Kier alpha value is -1.04. The van der Waals surface area contributed by atoms with Gasteiger partial charge in [-0.3, -0.25) is 0 Å². The number of piperidine rings is 1. The molecule has 0 aromatic heterocycles. The van der Waals surface area contributed by atoms with Gasteiger partial charge in [-0.15, -0.1) is 0 Å². The molecule has 1 aliphatic heterocycles. The van der Waals surface area contributed by atoms with Crippen LogP contribution in [0.25, 0.3) is 0 Å². The number of nitrogens with zero attached hydrogens (tertiary/aromatic N) is 1. The lowest BCUT2D eigenvalue weighted by Crippen LogP contribution is -2.47. The van der Waals surface area contributed by atoms with Crippen molar-refractivity contribution in [3.8, 4) is 5.75 Å². The summed E-state index contributed by atoms with van der Waals surface area (Å²) in [6.07, 6.45) is 3.18. The average Bonchev–Trinajstić information content (AvgIpc) is 2.47. The second kappa shape index (κ2) is 7.11. The molecule has 0 unspecified atom stereocenters. The van der Waals surface area contributed by atoms with Crippen molar-refractivity contribution in [2.45, 2.75) is 25.3 Å². The van der Waals surface area contributed by atoms with Gasteiger partial charge >= 0.3 is 0 Å². The van der Waals surface area contributed by atoms with Crippen molar-refractivity contribution in [1.29, 1.82) is 0 Å². The molecule has 1 aliphatic rings. The molecular formula is C14H19ClN2O2S. The zero-order valence-electron chi connectivity index (χ0n) is 11.4. The van der Waals surface area contributed by atoms with E-state index in [-0.39, 0.29) is 12.6 Å². The smallest absolute Gasteiger partial charge is 0.173 e. The van der Waals surface area contributed by atoms with Crippen LogP contribution in [0.15, 0.2) is 18.2 Å². The first kappa shape index (κ1) is 15.4. The molecule has 2 N–H and O–H groups in total. The Balaban J connectivity index is 2.12. The minimum atomic E-state index is 0.0916. The third kappa shape index (κ3) is 3.53. The molecular weight excluding hydrogens is 296 g/mol. The molecule has 0 amide bonds. The fraction of sp³-hybridized carbons (Fsp3) is 0.500. The summed E-state index contributed by atoms with van der Waals surface area (Å²) in [5.74, 6) is 0.689. The third-order valence-electron chi connectivity index (χ3n) is 3.50. The van der Waals surface area contributed by atoms with Gasteiger partial charge in [0.2, 0.25) is 0 Å². The number of rotatable bonds is 3. The first-order chi connectivity index (χ1) is 9.65. The molecule has 1 heterocycles. The van der Waals surface area contributed by atoms with E-state index >= 15 is 0 Å². The number of ether oxygens (including phenoxy) is 1. The summed E-state index contributed by atoms with van der Waals surface area (Å²) in [5.41, 5.74) is 0.743. The number of thiocarbonyl (C=S) groups is 1. The number of benzene rings is 1. The molecule has 0 radical (unpaired) electrons. The largest absolute Gasteiger partial charge is 0.495 e. The monoisotopic (exact) mass is 314 g/mol. The van der Waals surface area contributed by atoms with E-state index < -0.39 is 0 Å². The van der Waals surface area contributed by atoms with E-state index in [9.17, 15) is 5.11 Å². The third-order valence-corrected chi connectivity index (χ3v) is 4.07. The van der Waals surface area contributed by atoms with Crippen LogP contribution < -0.4 is 10.1 Å². The van der Waals surface area contributed by atoms with Crippen LogP contribution in [-0.4, -0.2) is 41.4 Å². The maximum absolute atomic E-state index is 9.45. The first-order valence-electron chi connectivity index (χ1n) is 6.67. The lowest BCUT2D eigenvalue weighted by atomic mass is 10.0. The quantitative estimate of drug-likeness (QED) is 0.840. The van der Waals surface area contributed by atoms with Crippen molar-refractivity contribution in [3.05, 3.63) is 23.2 Å². The van der Waals surface area contributed by atoms with Crippen LogP contribution in [0.3, 0.4) is 0 Å². The Bertz CT molecular complexity index is 484. The maximum Gasteiger partial charge on any atom is 0.173 e. The van der Waals surface area contributed by atoms with Gasteiger partial charge in [0, 0.05) is 11.6 Å². The highest BCUT2D eigenvalue weighted by atomic mass is 35.5. The molecule has 20 heavy (non-hydrogen) atoms. The topological polar surface area (TPSA) is 44.7 Å². The molecule has 4 nitrogen and oxygen atoms in total. The molecule has 2 rings (SSSR count). The van der Waals surface area contributed by atoms with E-state index in [1.165, 1.54) is 0 Å². The zero-order chi connectivity index (χ0) is 14.5. The van der Waals surface area contributed by atoms with Gasteiger partial charge in [-0.25, -0.2) is 0 Å². The minimum Gasteiger partial charge on any atom is -0.495 e. The highest BCUT2D eigenvalue weighted by molar-refractivity contribution is 7.80. The van der Waals surface area contributed by atoms with Crippen molar-refractivity contribution in [1.82, 2.24) is 4.90 Å². The molecule has 1 aromatic carbocycles. The molecule has 0 aliphatic carbocycles. The lowest BCUT2D eigenvalue weighted by Gasteiger charge is -2.36. The van der Waals surface area contributed by atoms with Crippen LogP contribution in [0.5, 0.6) is 5.75 Å². The number of hydrogen-bond donors (Lipinski definition) is 2. The van der Waals surface area contributed by atoms with Gasteiger partial charge in [-0.1, -0.05) is 11.6 Å². The zero-order valence-corrected chi connectivity index (χ0v) is 13.0. The molecule has 110 valence electrons. The van der Waals surface area contributed by atoms with Gasteiger partial charge in [0.15, 0.2) is 5.11 Å². The number of aliphatic hydroxyl groups is 1. The van der Waals surface area contributed by atoms with E-state index in [0.29, 0.717) is 15.9 Å². The number of anilines is 1. The molecule has 1 saturated heterocycles. The maximum atomic E-state index is 9.45. The number of hydrogen-bond acceptors (Lipinski definition) is 3. The second-order valence-electron chi connectivity index (χ2n) is 4.80. The Kier molecular flexibility index (Phi) is 5.46. The van der Waals surface area contributed by atoms with Crippen LogP contribution in [0.2, 0.25) is 5.02 Å². The summed E-state index contributed by atoms with van der Waals surface area (Å²) >= 11 is 11.5. The van der Waals surface area contributed by atoms with E-state index in [0.717, 1.165) is 31.5 Å². The molecule has 1 aromatic rings. The first-order valence-corrected chi connectivity index (χ1v) is 7.46. The van der Waals surface area contributed by atoms with Gasteiger partial charge in [-0.2, -0.15) is 0 Å². The van der Waals surface area contributed by atoms with Crippen molar-refractivity contribution < 1.29 is 9.84 Å². The van der Waals surface area contributed by atoms with Gasteiger partial charge in [0.1, 0.15) is 5.75 Å². The predicted molar refractivity (Wildman–Crippen MR) is 85.7 cm³/mol. The van der Waals surface area contributed by atoms with Crippen LogP contribution in [0.4, 0.5) is 5.69 Å². The van der Waals surface area contributed by atoms with Gasteiger partial charge in [0.05, 0.1) is 25.4 Å². The van der Waals surface area contributed by atoms with Crippen molar-refractivity contribution in [2.75, 3.05) is 25.6 Å². The number of halogens is 1. The molecule has 0 spiro atoms. The van der Waals surface area contributed by atoms with Crippen LogP contribution in [-0.2, 0) is 0 Å². The van der Waals surface area contributed by atoms with E-state index in [1.54, 1.807) is 25.3 Å². The average molecular weight is 315 g/mol. The molecule has 6 heteroatoms. The summed E-state index contributed by atoms with van der Waals surface area (Å²) in [5, 5.41) is 13.8. The lowest BCUT2D eigenvalue weighted by molar-refractivity contribution is 0.149. The van der Waals surface area contributed by atoms with E-state index in [4.69, 9.17) is 28.6 Å². The standard InChI is InChI=1S/C14H19ClN2O2S/c1-19-13-6-5-10(15)8-12(13)16-14(20)17-7-3-2-4-11(17)9-18/h5-6,8,11,18H,2-4,7,9H2,1H3,(H,16,20)/t11-/m1/s1. The fourth-order valence-corrected chi connectivity index (χ4v) is 2.95. The predicted octanol–water partition coefficient (Wildman–Crippen LogP) is 2.89. The highest BCUT2D eigenvalue weighted by Crippen LogP contribution is 2.28. The normalized spacial score (nSPS) is 18.8. The Labute approximate surface area is 129 Å². The Morgan fingerprint density at radius 2 is 2.35 bits per heavy atom. The molecule has 0 bridgehead atoms. The summed E-state index contributed by atoms with van der Waals surface area (Å²) in [6, 6.07) is 5.44. The van der Waals surface area contributed by atoms with Crippen molar-refractivity contribution >= 4 is 34.6 Å². The van der Waals surface area contributed by atoms with Crippen LogP contribution in [0.1, 0.15) is 19.3 Å². The van der Waals surface area contributed by atoms with Gasteiger partial charge < -0.3 is 20.1 Å². The Morgan fingerprint density at radius 3 is 3.05 bits per heavy atom.